The Morgan fingerprint density at radius 3 is 2.24 bits per heavy atom. The van der Waals surface area contributed by atoms with E-state index in [-0.39, 0.29) is 5.41 Å². The van der Waals surface area contributed by atoms with Crippen LogP contribution >= 0.6 is 0 Å². The van der Waals surface area contributed by atoms with Crippen LogP contribution in [-0.4, -0.2) is 0 Å². The van der Waals surface area contributed by atoms with Crippen molar-refractivity contribution in [2.75, 3.05) is 0 Å². The highest BCUT2D eigenvalue weighted by Crippen LogP contribution is 2.56. The first kappa shape index (κ1) is 11.3. The number of benzene rings is 1. The number of hydrogen-bond acceptors (Lipinski definition) is 0. The van der Waals surface area contributed by atoms with Crippen LogP contribution in [0.2, 0.25) is 0 Å². The molecule has 0 atom stereocenters. The van der Waals surface area contributed by atoms with E-state index in [2.05, 4.69) is 45.0 Å². The van der Waals surface area contributed by atoms with Crippen molar-refractivity contribution in [3.05, 3.63) is 35.4 Å². The van der Waals surface area contributed by atoms with Gasteiger partial charge in [0.05, 0.1) is 0 Å². The molecule has 0 N–H and O–H groups in total. The lowest BCUT2D eigenvalue weighted by Gasteiger charge is -2.34. The minimum atomic E-state index is 0.284. The minimum Gasteiger partial charge on any atom is -0.0620 e. The van der Waals surface area contributed by atoms with Gasteiger partial charge in [0.2, 0.25) is 0 Å². The van der Waals surface area contributed by atoms with Crippen molar-refractivity contribution in [1.82, 2.24) is 0 Å². The minimum absolute atomic E-state index is 0.284. The third-order valence-electron chi connectivity index (χ3n) is 5.05. The highest BCUT2D eigenvalue weighted by Gasteiger charge is 2.47. The normalized spacial score (nSPS) is 32.1. The van der Waals surface area contributed by atoms with Crippen molar-refractivity contribution >= 4 is 0 Å². The molecule has 0 heterocycles. The van der Waals surface area contributed by atoms with Crippen LogP contribution in [0, 0.1) is 5.92 Å². The van der Waals surface area contributed by atoms with E-state index < -0.39 is 0 Å². The van der Waals surface area contributed by atoms with Gasteiger partial charge in [0.1, 0.15) is 0 Å². The van der Waals surface area contributed by atoms with Crippen LogP contribution in [0.25, 0.3) is 0 Å². The summed E-state index contributed by atoms with van der Waals surface area (Å²) in [5, 5.41) is 0. The second-order valence-electron chi connectivity index (χ2n) is 7.22. The van der Waals surface area contributed by atoms with E-state index in [1.54, 1.807) is 11.1 Å². The maximum Gasteiger partial charge on any atom is -0.00412 e. The summed E-state index contributed by atoms with van der Waals surface area (Å²) < 4.78 is 0. The second-order valence-corrected chi connectivity index (χ2v) is 7.22. The molecule has 92 valence electrons. The average Bonchev–Trinajstić information content (AvgIpc) is 2.89. The monoisotopic (exact) mass is 228 g/mol. The lowest BCUT2D eigenvalue weighted by atomic mass is 9.71. The number of fused-ring (bicyclic) bond motifs is 2. The fourth-order valence-electron chi connectivity index (χ4n) is 4.17. The maximum absolute atomic E-state index is 2.41. The number of rotatable bonds is 1. The topological polar surface area (TPSA) is 0 Å². The summed E-state index contributed by atoms with van der Waals surface area (Å²) in [5.74, 6) is 1.03. The molecule has 2 aliphatic carbocycles. The van der Waals surface area contributed by atoms with Gasteiger partial charge in [-0.05, 0) is 60.0 Å². The zero-order valence-electron chi connectivity index (χ0n) is 11.4. The first-order valence-electron chi connectivity index (χ1n) is 7.11. The van der Waals surface area contributed by atoms with Gasteiger partial charge in [-0.15, -0.1) is 0 Å². The molecule has 1 aromatic rings. The van der Waals surface area contributed by atoms with Crippen LogP contribution < -0.4 is 0 Å². The maximum atomic E-state index is 2.41. The van der Waals surface area contributed by atoms with E-state index in [9.17, 15) is 0 Å². The van der Waals surface area contributed by atoms with Gasteiger partial charge in [-0.2, -0.15) is 0 Å². The van der Waals surface area contributed by atoms with Crippen molar-refractivity contribution in [1.29, 1.82) is 0 Å². The summed E-state index contributed by atoms with van der Waals surface area (Å²) in [6.07, 6.45) is 7.27. The average molecular weight is 228 g/mol. The molecule has 0 nitrogen and oxygen atoms in total. The summed E-state index contributed by atoms with van der Waals surface area (Å²) in [6.45, 7) is 7.05. The van der Waals surface area contributed by atoms with Gasteiger partial charge in [-0.25, -0.2) is 0 Å². The third kappa shape index (κ3) is 1.73. The SMILES string of the molecule is CC(C)(C)c1ccccc1C12CCC(CC1)C2. The fourth-order valence-corrected chi connectivity index (χ4v) is 4.17. The Morgan fingerprint density at radius 1 is 1.06 bits per heavy atom. The molecule has 2 bridgehead atoms. The predicted octanol–water partition coefficient (Wildman–Crippen LogP) is 4.82. The third-order valence-corrected chi connectivity index (χ3v) is 5.05. The molecule has 0 unspecified atom stereocenters. The molecule has 17 heavy (non-hydrogen) atoms. The van der Waals surface area contributed by atoms with Crippen LogP contribution in [0.4, 0.5) is 0 Å². The quantitative estimate of drug-likeness (QED) is 0.646. The van der Waals surface area contributed by atoms with E-state index in [0.717, 1.165) is 5.92 Å². The molecule has 2 saturated carbocycles. The molecule has 2 aliphatic rings. The molecule has 0 saturated heterocycles. The molecule has 0 radical (unpaired) electrons. The van der Waals surface area contributed by atoms with Gasteiger partial charge in [-0.3, -0.25) is 0 Å². The summed E-state index contributed by atoms with van der Waals surface area (Å²) in [6, 6.07) is 9.22. The first-order chi connectivity index (χ1) is 8.01. The van der Waals surface area contributed by atoms with E-state index in [4.69, 9.17) is 0 Å². The first-order valence-corrected chi connectivity index (χ1v) is 7.11. The standard InChI is InChI=1S/C17H24/c1-16(2,3)14-6-4-5-7-15(14)17-10-8-13(12-17)9-11-17/h4-7,13H,8-12H2,1-3H3. The Labute approximate surface area is 105 Å². The number of hydrogen-bond donors (Lipinski definition) is 0. The van der Waals surface area contributed by atoms with E-state index in [1.807, 2.05) is 0 Å². The molecular formula is C17H24. The molecule has 0 spiro atoms. The Kier molecular flexibility index (Phi) is 2.40. The van der Waals surface area contributed by atoms with Crippen LogP contribution in [-0.2, 0) is 10.8 Å². The van der Waals surface area contributed by atoms with Crippen molar-refractivity contribution in [2.45, 2.75) is 63.7 Å². The smallest absolute Gasteiger partial charge is 0.00412 e. The highest BCUT2D eigenvalue weighted by molar-refractivity contribution is 5.40. The molecule has 0 aromatic heterocycles. The van der Waals surface area contributed by atoms with E-state index in [0.29, 0.717) is 5.41 Å². The zero-order valence-corrected chi connectivity index (χ0v) is 11.4. The van der Waals surface area contributed by atoms with Crippen molar-refractivity contribution < 1.29 is 0 Å². The van der Waals surface area contributed by atoms with E-state index >= 15 is 0 Å². The van der Waals surface area contributed by atoms with Gasteiger partial charge >= 0.3 is 0 Å². The van der Waals surface area contributed by atoms with Crippen molar-refractivity contribution in [3.63, 3.8) is 0 Å². The Bertz CT molecular complexity index is 414. The van der Waals surface area contributed by atoms with Gasteiger partial charge < -0.3 is 0 Å². The zero-order chi connectivity index (χ0) is 12.1. The Morgan fingerprint density at radius 2 is 1.71 bits per heavy atom. The molecule has 0 heteroatoms. The lowest BCUT2D eigenvalue weighted by molar-refractivity contribution is 0.408. The van der Waals surface area contributed by atoms with Gasteiger partial charge in [0, 0.05) is 0 Å². The summed E-state index contributed by atoms with van der Waals surface area (Å²) in [5.41, 5.74) is 4.09. The van der Waals surface area contributed by atoms with Crippen molar-refractivity contribution in [2.24, 2.45) is 5.92 Å². The fraction of sp³-hybridized carbons (Fsp3) is 0.647. The van der Waals surface area contributed by atoms with Crippen molar-refractivity contribution in [3.8, 4) is 0 Å². The van der Waals surface area contributed by atoms with Gasteiger partial charge in [0.25, 0.3) is 0 Å². The largest absolute Gasteiger partial charge is 0.0620 e. The Balaban J connectivity index is 2.09. The molecule has 2 fully saturated rings. The molecule has 0 amide bonds. The van der Waals surface area contributed by atoms with Crippen LogP contribution in [0.1, 0.15) is 64.0 Å². The Hall–Kier alpha value is -0.780. The van der Waals surface area contributed by atoms with Gasteiger partial charge in [-0.1, -0.05) is 45.0 Å². The second kappa shape index (κ2) is 3.60. The molecule has 1 aromatic carbocycles. The lowest BCUT2D eigenvalue weighted by Crippen LogP contribution is -2.25. The molecule has 3 rings (SSSR count). The summed E-state index contributed by atoms with van der Waals surface area (Å²) in [7, 11) is 0. The molecule has 0 aliphatic heterocycles. The highest BCUT2D eigenvalue weighted by atomic mass is 14.5. The van der Waals surface area contributed by atoms with E-state index in [1.165, 1.54) is 32.1 Å². The van der Waals surface area contributed by atoms with Crippen LogP contribution in [0.3, 0.4) is 0 Å². The van der Waals surface area contributed by atoms with Crippen LogP contribution in [0.15, 0.2) is 24.3 Å². The summed E-state index contributed by atoms with van der Waals surface area (Å²) in [4.78, 5) is 0. The molecular weight excluding hydrogens is 204 g/mol. The van der Waals surface area contributed by atoms with Crippen LogP contribution in [0.5, 0.6) is 0 Å². The predicted molar refractivity (Wildman–Crippen MR) is 73.4 cm³/mol. The van der Waals surface area contributed by atoms with Gasteiger partial charge in [0.15, 0.2) is 0 Å². The summed E-state index contributed by atoms with van der Waals surface area (Å²) >= 11 is 0.